The third kappa shape index (κ3) is 14.0. The lowest BCUT2D eigenvalue weighted by Gasteiger charge is -2.40. The van der Waals surface area contributed by atoms with Crippen molar-refractivity contribution >= 4 is 47.3 Å². The molecule has 1 aliphatic carbocycles. The zero-order valence-electron chi connectivity index (χ0n) is 43.1. The van der Waals surface area contributed by atoms with Crippen molar-refractivity contribution in [1.29, 1.82) is 0 Å². The van der Waals surface area contributed by atoms with Crippen LogP contribution in [0.5, 0.6) is 11.5 Å². The molecule has 2 aliphatic heterocycles. The lowest BCUT2D eigenvalue weighted by molar-refractivity contribution is -0.139. The van der Waals surface area contributed by atoms with Crippen molar-refractivity contribution in [2.45, 2.75) is 122 Å². The molecule has 0 aromatic heterocycles. The third-order valence-electron chi connectivity index (χ3n) is 12.7. The number of fused-ring (bicyclic) bond motifs is 2. The molecule has 5 amide bonds. The maximum Gasteiger partial charge on any atom is 0.417 e. The first-order chi connectivity index (χ1) is 35.7. The molecule has 1 fully saturated rings. The van der Waals surface area contributed by atoms with Crippen LogP contribution in [0.2, 0.25) is 0 Å². The Morgan fingerprint density at radius 2 is 1.07 bits per heavy atom. The van der Waals surface area contributed by atoms with Crippen LogP contribution in [0.4, 0.5) is 47.3 Å². The van der Waals surface area contributed by atoms with Crippen molar-refractivity contribution in [2.75, 3.05) is 43.1 Å². The molecule has 22 heteroatoms. The van der Waals surface area contributed by atoms with E-state index in [1.54, 1.807) is 43.0 Å². The number of carbonyl (C=O) groups is 6. The molecule has 2 heterocycles. The minimum Gasteiger partial charge on any atom is -0.476 e. The van der Waals surface area contributed by atoms with Crippen LogP contribution in [0.25, 0.3) is 0 Å². The summed E-state index contributed by atoms with van der Waals surface area (Å²) in [5.74, 6) is -3.40. The van der Waals surface area contributed by atoms with Gasteiger partial charge in [-0.3, -0.25) is 14.4 Å². The molecule has 4 aromatic carbocycles. The molecule has 0 spiro atoms. The Hall–Kier alpha value is -7.52. The van der Waals surface area contributed by atoms with Gasteiger partial charge in [-0.2, -0.15) is 26.3 Å². The predicted molar refractivity (Wildman–Crippen MR) is 266 cm³/mol. The van der Waals surface area contributed by atoms with Gasteiger partial charge in [0, 0.05) is 38.3 Å². The Balaban J connectivity index is 0.000000252. The largest absolute Gasteiger partial charge is 0.476 e. The van der Waals surface area contributed by atoms with Gasteiger partial charge in [-0.15, -0.1) is 0 Å². The summed E-state index contributed by atoms with van der Waals surface area (Å²) in [5, 5.41) is 5.07. The van der Waals surface area contributed by atoms with Gasteiger partial charge in [0.1, 0.15) is 24.7 Å². The van der Waals surface area contributed by atoms with Crippen LogP contribution in [0.3, 0.4) is 0 Å². The predicted octanol–water partition coefficient (Wildman–Crippen LogP) is 10.2. The fraction of sp³-hybridized carbons (Fsp3) is 0.444. The van der Waals surface area contributed by atoms with Gasteiger partial charge in [-0.25, -0.2) is 14.4 Å². The summed E-state index contributed by atoms with van der Waals surface area (Å²) in [6.07, 6.45) is -6.83. The van der Waals surface area contributed by atoms with Gasteiger partial charge in [0.15, 0.2) is 11.2 Å². The maximum absolute atomic E-state index is 14.4. The lowest BCUT2D eigenvalue weighted by Crippen LogP contribution is -2.54. The number of nitrogens with one attached hydrogen (secondary N) is 2. The number of halogens is 6. The number of esters is 1. The quantitative estimate of drug-likeness (QED) is 0.0696. The van der Waals surface area contributed by atoms with E-state index in [0.29, 0.717) is 6.07 Å². The molecule has 16 nitrogen and oxygen atoms in total. The van der Waals surface area contributed by atoms with Crippen molar-refractivity contribution < 1.29 is 78.8 Å². The summed E-state index contributed by atoms with van der Waals surface area (Å²) in [6, 6.07) is 21.1. The summed E-state index contributed by atoms with van der Waals surface area (Å²) in [5.41, 5.74) is -5.01. The van der Waals surface area contributed by atoms with Crippen molar-refractivity contribution in [2.24, 2.45) is 0 Å². The molecule has 3 aliphatic rings. The van der Waals surface area contributed by atoms with Crippen molar-refractivity contribution in [3.63, 3.8) is 0 Å². The topological polar surface area (TPSA) is 182 Å². The van der Waals surface area contributed by atoms with Crippen molar-refractivity contribution in [3.05, 3.63) is 118 Å². The fourth-order valence-electron chi connectivity index (χ4n) is 9.00. The van der Waals surface area contributed by atoms with E-state index >= 15 is 0 Å². The first-order valence-corrected chi connectivity index (χ1v) is 24.6. The Morgan fingerprint density at radius 3 is 1.46 bits per heavy atom. The van der Waals surface area contributed by atoms with Crippen molar-refractivity contribution in [3.8, 4) is 11.5 Å². The average molecular weight is 1070 g/mol. The number of anilines is 2. The summed E-state index contributed by atoms with van der Waals surface area (Å²) in [7, 11) is 0.954. The van der Waals surface area contributed by atoms with Gasteiger partial charge in [0.25, 0.3) is 17.7 Å². The van der Waals surface area contributed by atoms with E-state index in [9.17, 15) is 55.1 Å². The van der Waals surface area contributed by atoms with Crippen LogP contribution >= 0.6 is 0 Å². The highest BCUT2D eigenvalue weighted by molar-refractivity contribution is 6.06. The molecule has 2 N–H and O–H groups in total. The fourth-order valence-corrected chi connectivity index (χ4v) is 9.00. The number of ether oxygens (including phenoxy) is 5. The zero-order chi connectivity index (χ0) is 55.8. The van der Waals surface area contributed by atoms with E-state index < -0.39 is 81.7 Å². The Morgan fingerprint density at radius 1 is 0.658 bits per heavy atom. The first-order valence-electron chi connectivity index (χ1n) is 24.6. The van der Waals surface area contributed by atoms with E-state index in [4.69, 9.17) is 18.9 Å². The maximum atomic E-state index is 14.4. The smallest absolute Gasteiger partial charge is 0.417 e. The molecule has 7 rings (SSSR count). The Labute approximate surface area is 435 Å². The molecule has 0 unspecified atom stereocenters. The number of benzene rings is 4. The molecular weight excluding hydrogens is 1010 g/mol. The second-order valence-corrected chi connectivity index (χ2v) is 19.4. The van der Waals surface area contributed by atoms with E-state index in [1.807, 2.05) is 36.4 Å². The number of amides is 5. The highest BCUT2D eigenvalue weighted by atomic mass is 19.4. The number of methoxy groups -OCH3 is 1. The van der Waals surface area contributed by atoms with Gasteiger partial charge >= 0.3 is 30.5 Å². The molecule has 410 valence electrons. The summed E-state index contributed by atoms with van der Waals surface area (Å²) in [4.78, 5) is 80.4. The molecule has 0 atom stereocenters. The third-order valence-corrected chi connectivity index (χ3v) is 12.7. The SMILES string of the molecule is CC(C)N(C(=O)c1cc2c(cc1C(F)(F)F)OC(C)(C)C(=O)N2CCNC(=O)OCc1ccccc1)C1CCCCC1.COC(=O)c1cc2c(cc1C(F)(F)F)OC(C)(C)C(=O)N2CCNC(=O)OCc1ccccc1. The second-order valence-electron chi connectivity index (χ2n) is 19.4. The van der Waals surface area contributed by atoms with Gasteiger partial charge in [-0.1, -0.05) is 79.9 Å². The molecule has 4 aromatic rings. The normalized spacial score (nSPS) is 15.9. The molecule has 0 radical (unpaired) electrons. The van der Waals surface area contributed by atoms with Crippen LogP contribution in [-0.2, 0) is 49.4 Å². The number of alkyl carbamates (subject to hydrolysis) is 2. The number of hydrogen-bond donors (Lipinski definition) is 2. The van der Waals surface area contributed by atoms with Crippen LogP contribution in [0, 0.1) is 0 Å². The van der Waals surface area contributed by atoms with E-state index in [-0.39, 0.29) is 74.4 Å². The lowest BCUT2D eigenvalue weighted by atomic mass is 9.92. The molecule has 1 saturated carbocycles. The minimum atomic E-state index is -4.86. The number of alkyl halides is 6. The monoisotopic (exact) mass is 1070 g/mol. The number of carbonyl (C=O) groups excluding carboxylic acids is 6. The van der Waals surface area contributed by atoms with Crippen molar-refractivity contribution in [1.82, 2.24) is 15.5 Å². The molecule has 0 bridgehead atoms. The highest BCUT2D eigenvalue weighted by Gasteiger charge is 2.47. The van der Waals surface area contributed by atoms with Crippen LogP contribution in [0.1, 0.15) is 117 Å². The Kier molecular flexibility index (Phi) is 18.2. The minimum absolute atomic E-state index is 0.0423. The zero-order valence-corrected chi connectivity index (χ0v) is 43.1. The van der Waals surface area contributed by atoms with Crippen LogP contribution < -0.4 is 29.9 Å². The number of nitrogens with zero attached hydrogens (tertiary/aromatic N) is 3. The average Bonchev–Trinajstić information content (AvgIpc) is 3.38. The summed E-state index contributed by atoms with van der Waals surface area (Å²) >= 11 is 0. The van der Waals surface area contributed by atoms with Gasteiger partial charge in [-0.05, 0) is 89.8 Å². The highest BCUT2D eigenvalue weighted by Crippen LogP contribution is 2.46. The summed E-state index contributed by atoms with van der Waals surface area (Å²) in [6.45, 7) is 9.14. The second kappa shape index (κ2) is 24.0. The number of hydrogen-bond acceptors (Lipinski definition) is 11. The van der Waals surface area contributed by atoms with E-state index in [0.717, 1.165) is 73.4 Å². The summed E-state index contributed by atoms with van der Waals surface area (Å²) < 4.78 is 110. The first kappa shape index (κ1) is 57.8. The standard InChI is InChI=1S/C31H38F3N3O5.C23H23F3N2O6/c1-20(2)37(22-13-9-6-10-14-22)27(38)23-17-25-26(18-24(23)31(32,33)34)42-30(3,4)28(39)36(25)16-15-35-29(40)41-19-21-11-7-5-8-12-21;1-22(2)20(30)28(10-9-27-21(31)33-13-14-7-5-4-6-8-14)17-11-15(19(29)32-3)16(23(24,25)26)12-18(17)34-22/h5,7-8,11-12,17-18,20,22H,6,9-10,13-16,19H2,1-4H3,(H,35,40);4-8,11-12H,9-10,13H2,1-3H3,(H,27,31). The number of rotatable bonds is 14. The van der Waals surface area contributed by atoms with E-state index in [2.05, 4.69) is 15.4 Å². The van der Waals surface area contributed by atoms with Gasteiger partial charge in [0.05, 0.1) is 40.7 Å². The van der Waals surface area contributed by atoms with Crippen LogP contribution in [0.15, 0.2) is 84.9 Å². The van der Waals surface area contributed by atoms with Gasteiger partial charge < -0.3 is 49.0 Å². The Bertz CT molecular complexity index is 2750. The molecule has 76 heavy (non-hydrogen) atoms. The van der Waals surface area contributed by atoms with Crippen LogP contribution in [-0.4, -0.2) is 97.4 Å². The van der Waals surface area contributed by atoms with Gasteiger partial charge in [0.2, 0.25) is 0 Å². The molecular formula is C54H61F6N5O11. The molecule has 0 saturated heterocycles. The van der Waals surface area contributed by atoms with E-state index in [1.165, 1.54) is 32.6 Å².